The van der Waals surface area contributed by atoms with E-state index in [2.05, 4.69) is 10.6 Å². The molecule has 0 radical (unpaired) electrons. The second kappa shape index (κ2) is 17.9. The number of benzene rings is 1. The number of nitrogens with one attached hydrogen (secondary N) is 2. The minimum absolute atomic E-state index is 0.0878. The Morgan fingerprint density at radius 3 is 1.57 bits per heavy atom. The molecule has 1 aliphatic rings. The Labute approximate surface area is 289 Å². The van der Waals surface area contributed by atoms with Crippen molar-refractivity contribution in [3.05, 3.63) is 35.9 Å². The highest BCUT2D eigenvalue weighted by atomic mass is 16.6. The van der Waals surface area contributed by atoms with Crippen LogP contribution in [0.4, 0.5) is 9.59 Å². The second-order valence-electron chi connectivity index (χ2n) is 14.9. The summed E-state index contributed by atoms with van der Waals surface area (Å²) in [5.74, 6) is -2.35. The zero-order valence-corrected chi connectivity index (χ0v) is 30.4. The number of piperazine rings is 1. The number of hydrogen-bond donors (Lipinski definition) is 2. The van der Waals surface area contributed by atoms with E-state index in [1.807, 2.05) is 30.3 Å². The third-order valence-corrected chi connectivity index (χ3v) is 6.79. The van der Waals surface area contributed by atoms with Crippen LogP contribution in [0, 0.1) is 0 Å². The maximum Gasteiger partial charge on any atom is 0.410 e. The summed E-state index contributed by atoms with van der Waals surface area (Å²) in [7, 11) is 0. The van der Waals surface area contributed by atoms with Gasteiger partial charge >= 0.3 is 30.0 Å². The lowest BCUT2D eigenvalue weighted by molar-refractivity contribution is -0.159. The molecule has 0 aromatic heterocycles. The van der Waals surface area contributed by atoms with Gasteiger partial charge in [0.15, 0.2) is 0 Å². The smallest absolute Gasteiger partial charge is 0.410 e. The summed E-state index contributed by atoms with van der Waals surface area (Å²) in [4.78, 5) is 80.4. The Bertz CT molecular complexity index is 1290. The first-order chi connectivity index (χ1) is 22.6. The van der Waals surface area contributed by atoms with Crippen LogP contribution in [0.1, 0.15) is 93.6 Å². The molecule has 1 heterocycles. The summed E-state index contributed by atoms with van der Waals surface area (Å²) in [5, 5.41) is 5.04. The van der Waals surface area contributed by atoms with E-state index in [9.17, 15) is 28.8 Å². The molecular formula is C35H54N4O10. The summed E-state index contributed by atoms with van der Waals surface area (Å²) in [6.07, 6.45) is -0.944. The monoisotopic (exact) mass is 690 g/mol. The van der Waals surface area contributed by atoms with Crippen molar-refractivity contribution in [2.75, 3.05) is 26.2 Å². The quantitative estimate of drug-likeness (QED) is 0.241. The lowest BCUT2D eigenvalue weighted by Gasteiger charge is -2.34. The molecule has 0 bridgehead atoms. The maximum atomic E-state index is 13.2. The highest BCUT2D eigenvalue weighted by molar-refractivity contribution is 5.88. The maximum absolute atomic E-state index is 13.2. The summed E-state index contributed by atoms with van der Waals surface area (Å²) in [5.41, 5.74) is -1.61. The number of ether oxygens (including phenoxy) is 4. The van der Waals surface area contributed by atoms with Crippen LogP contribution in [0.15, 0.2) is 30.3 Å². The molecule has 4 amide bonds. The average molecular weight is 691 g/mol. The van der Waals surface area contributed by atoms with Crippen molar-refractivity contribution in [1.82, 2.24) is 20.4 Å². The van der Waals surface area contributed by atoms with Crippen molar-refractivity contribution in [2.45, 2.75) is 123 Å². The number of carbonyl (C=O) groups excluding carboxylic acids is 6. The van der Waals surface area contributed by atoms with E-state index in [-0.39, 0.29) is 64.4 Å². The standard InChI is InChI=1S/C35H54N4O10/c1-33(2,3)47-28(41)18-16-26(30(43)49-35(7,8)9)37-31(44)36-25(29(42)48-34(4,5)6)15-17-27(40)38-19-21-39(22-20-38)32(45)46-23-24-13-11-10-12-14-24/h10-14,25-26H,15-23H2,1-9H3,(H2,36,37,44)/t25-,26-/m0/s1. The van der Waals surface area contributed by atoms with Gasteiger partial charge in [-0.15, -0.1) is 0 Å². The van der Waals surface area contributed by atoms with Crippen LogP contribution in [0.2, 0.25) is 0 Å². The van der Waals surface area contributed by atoms with Gasteiger partial charge in [0.25, 0.3) is 0 Å². The largest absolute Gasteiger partial charge is 0.460 e. The van der Waals surface area contributed by atoms with Crippen molar-refractivity contribution >= 4 is 35.9 Å². The number of hydrogen-bond acceptors (Lipinski definition) is 10. The highest BCUT2D eigenvalue weighted by Crippen LogP contribution is 2.16. The van der Waals surface area contributed by atoms with Crippen LogP contribution >= 0.6 is 0 Å². The molecular weight excluding hydrogens is 636 g/mol. The molecule has 2 N–H and O–H groups in total. The van der Waals surface area contributed by atoms with Gasteiger partial charge in [-0.2, -0.15) is 0 Å². The molecule has 0 unspecified atom stereocenters. The molecule has 1 aromatic rings. The Kier molecular flexibility index (Phi) is 14.9. The van der Waals surface area contributed by atoms with Gasteiger partial charge in [-0.1, -0.05) is 30.3 Å². The number of carbonyl (C=O) groups is 6. The van der Waals surface area contributed by atoms with Gasteiger partial charge in [0.1, 0.15) is 35.5 Å². The first-order valence-electron chi connectivity index (χ1n) is 16.6. The molecule has 0 spiro atoms. The van der Waals surface area contributed by atoms with Crippen molar-refractivity contribution in [1.29, 1.82) is 0 Å². The molecule has 14 nitrogen and oxygen atoms in total. The van der Waals surface area contributed by atoms with Crippen LogP contribution < -0.4 is 10.6 Å². The predicted octanol–water partition coefficient (Wildman–Crippen LogP) is 4.09. The first kappa shape index (κ1) is 40.8. The fourth-order valence-electron chi connectivity index (χ4n) is 4.63. The number of esters is 3. The molecule has 1 aromatic carbocycles. The van der Waals surface area contributed by atoms with Gasteiger partial charge in [-0.3, -0.25) is 9.59 Å². The molecule has 0 saturated carbocycles. The average Bonchev–Trinajstić information content (AvgIpc) is 2.97. The van der Waals surface area contributed by atoms with E-state index in [4.69, 9.17) is 18.9 Å². The molecule has 274 valence electrons. The van der Waals surface area contributed by atoms with Gasteiger partial charge in [0.05, 0.1) is 0 Å². The van der Waals surface area contributed by atoms with Crippen molar-refractivity contribution in [2.24, 2.45) is 0 Å². The highest BCUT2D eigenvalue weighted by Gasteiger charge is 2.33. The number of urea groups is 1. The molecule has 1 saturated heterocycles. The lowest BCUT2D eigenvalue weighted by atomic mass is 10.1. The van der Waals surface area contributed by atoms with Crippen LogP contribution in [-0.4, -0.2) is 101 Å². The molecule has 49 heavy (non-hydrogen) atoms. The first-order valence-corrected chi connectivity index (χ1v) is 16.6. The molecule has 2 rings (SSSR count). The summed E-state index contributed by atoms with van der Waals surface area (Å²) >= 11 is 0. The molecule has 2 atom stereocenters. The van der Waals surface area contributed by atoms with Crippen molar-refractivity contribution < 1.29 is 47.7 Å². The fourth-order valence-corrected chi connectivity index (χ4v) is 4.63. The predicted molar refractivity (Wildman–Crippen MR) is 180 cm³/mol. The SMILES string of the molecule is CC(C)(C)OC(=O)CC[C@H](NC(=O)N[C@@H](CCC(=O)N1CCN(C(=O)OCc2ccccc2)CC1)C(=O)OC(C)(C)C)C(=O)OC(C)(C)C. The Morgan fingerprint density at radius 1 is 0.653 bits per heavy atom. The fraction of sp³-hybridized carbons (Fsp3) is 0.657. The van der Waals surface area contributed by atoms with Gasteiger partial charge in [-0.25, -0.2) is 19.2 Å². The third kappa shape index (κ3) is 16.5. The van der Waals surface area contributed by atoms with Gasteiger partial charge in [-0.05, 0) is 80.7 Å². The summed E-state index contributed by atoms with van der Waals surface area (Å²) in [6, 6.07) is 5.97. The van der Waals surface area contributed by atoms with Crippen molar-refractivity contribution in [3.63, 3.8) is 0 Å². The minimum Gasteiger partial charge on any atom is -0.460 e. The summed E-state index contributed by atoms with van der Waals surface area (Å²) in [6.45, 7) is 16.4. The van der Waals surface area contributed by atoms with E-state index in [0.717, 1.165) is 5.56 Å². The Balaban J connectivity index is 2.01. The van der Waals surface area contributed by atoms with Crippen LogP contribution in [0.5, 0.6) is 0 Å². The van der Waals surface area contributed by atoms with E-state index >= 15 is 0 Å². The van der Waals surface area contributed by atoms with E-state index in [0.29, 0.717) is 0 Å². The Hall–Kier alpha value is -4.36. The van der Waals surface area contributed by atoms with Gasteiger partial charge < -0.3 is 39.4 Å². The molecule has 1 aliphatic heterocycles. The van der Waals surface area contributed by atoms with Crippen LogP contribution in [-0.2, 0) is 44.7 Å². The lowest BCUT2D eigenvalue weighted by Crippen LogP contribution is -2.53. The third-order valence-electron chi connectivity index (χ3n) is 6.79. The minimum atomic E-state index is -1.23. The van der Waals surface area contributed by atoms with E-state index in [1.165, 1.54) is 4.90 Å². The second-order valence-corrected chi connectivity index (χ2v) is 14.9. The molecule has 14 heteroatoms. The van der Waals surface area contributed by atoms with Gasteiger partial charge in [0.2, 0.25) is 5.91 Å². The Morgan fingerprint density at radius 2 is 1.10 bits per heavy atom. The van der Waals surface area contributed by atoms with E-state index < -0.39 is 58.9 Å². The number of nitrogens with zero attached hydrogens (tertiary/aromatic N) is 2. The number of amides is 4. The number of rotatable bonds is 12. The zero-order chi connectivity index (χ0) is 37.0. The van der Waals surface area contributed by atoms with Crippen LogP contribution in [0.3, 0.4) is 0 Å². The zero-order valence-electron chi connectivity index (χ0n) is 30.4. The van der Waals surface area contributed by atoms with E-state index in [1.54, 1.807) is 67.2 Å². The van der Waals surface area contributed by atoms with Crippen molar-refractivity contribution in [3.8, 4) is 0 Å². The van der Waals surface area contributed by atoms with Crippen LogP contribution in [0.25, 0.3) is 0 Å². The molecule has 0 aliphatic carbocycles. The topological polar surface area (TPSA) is 170 Å². The van der Waals surface area contributed by atoms with Gasteiger partial charge in [0, 0.05) is 39.0 Å². The molecule has 1 fully saturated rings. The normalized spacial score (nSPS) is 15.0. The summed E-state index contributed by atoms with van der Waals surface area (Å²) < 4.78 is 21.7.